The van der Waals surface area contributed by atoms with Gasteiger partial charge in [-0.05, 0) is 29.8 Å². The Hall–Kier alpha value is -3.79. The van der Waals surface area contributed by atoms with Crippen LogP contribution in [0.25, 0.3) is 16.3 Å². The first-order chi connectivity index (χ1) is 15.5. The summed E-state index contributed by atoms with van der Waals surface area (Å²) in [6.45, 7) is 0.475. The van der Waals surface area contributed by atoms with Gasteiger partial charge in [0.15, 0.2) is 5.82 Å². The van der Waals surface area contributed by atoms with E-state index in [1.54, 1.807) is 35.9 Å². The van der Waals surface area contributed by atoms with Gasteiger partial charge >= 0.3 is 11.8 Å². The van der Waals surface area contributed by atoms with E-state index in [0.29, 0.717) is 28.5 Å². The first kappa shape index (κ1) is 21.4. The van der Waals surface area contributed by atoms with Gasteiger partial charge in [-0.25, -0.2) is 8.91 Å². The Labute approximate surface area is 187 Å². The number of methoxy groups -OCH3 is 1. The highest BCUT2D eigenvalue weighted by Crippen LogP contribution is 2.21. The lowest BCUT2D eigenvalue weighted by atomic mass is 10.2. The third-order valence-electron chi connectivity index (χ3n) is 4.69. The summed E-state index contributed by atoms with van der Waals surface area (Å²) in [6.07, 6.45) is 0.459. The maximum Gasteiger partial charge on any atom is 0.309 e. The van der Waals surface area contributed by atoms with Crippen LogP contribution in [0.4, 0.5) is 4.39 Å². The van der Waals surface area contributed by atoms with Crippen molar-refractivity contribution in [3.05, 3.63) is 71.0 Å². The highest BCUT2D eigenvalue weighted by atomic mass is 32.1. The molecule has 32 heavy (non-hydrogen) atoms. The Kier molecular flexibility index (Phi) is 6.41. The summed E-state index contributed by atoms with van der Waals surface area (Å²) in [4.78, 5) is 29.2. The summed E-state index contributed by atoms with van der Waals surface area (Å²) in [7, 11) is 1.56. The fourth-order valence-electron chi connectivity index (χ4n) is 3.08. The second-order valence-electron chi connectivity index (χ2n) is 6.91. The fraction of sp³-hybridized carbons (Fsp3) is 0.182. The number of thiazole rings is 1. The molecule has 2 aromatic carbocycles. The highest BCUT2D eigenvalue weighted by molar-refractivity contribution is 7.15. The van der Waals surface area contributed by atoms with Crippen molar-refractivity contribution < 1.29 is 18.7 Å². The lowest BCUT2D eigenvalue weighted by Gasteiger charge is -2.07. The molecular weight excluding hydrogens is 433 g/mol. The van der Waals surface area contributed by atoms with Gasteiger partial charge in [0.25, 0.3) is 0 Å². The quantitative estimate of drug-likeness (QED) is 0.419. The van der Waals surface area contributed by atoms with Crippen LogP contribution in [0.1, 0.15) is 11.3 Å². The molecule has 2 heterocycles. The van der Waals surface area contributed by atoms with Crippen LogP contribution in [0.15, 0.2) is 53.9 Å². The van der Waals surface area contributed by atoms with Crippen molar-refractivity contribution in [2.75, 3.05) is 13.7 Å². The minimum atomic E-state index is -0.711. The lowest BCUT2D eigenvalue weighted by molar-refractivity contribution is -0.139. The second kappa shape index (κ2) is 9.56. The van der Waals surface area contributed by atoms with Gasteiger partial charge in [-0.15, -0.1) is 16.4 Å². The SMILES string of the molecule is COc1cccc(CNC(=O)C(=O)NCCc2csc3nc(-c4cccc(F)c4)nn23)c1. The molecule has 4 aromatic rings. The van der Waals surface area contributed by atoms with Crippen LogP contribution in [0.3, 0.4) is 0 Å². The molecule has 0 bridgehead atoms. The van der Waals surface area contributed by atoms with Crippen LogP contribution in [0.5, 0.6) is 5.75 Å². The normalized spacial score (nSPS) is 10.8. The third kappa shape index (κ3) is 4.92. The summed E-state index contributed by atoms with van der Waals surface area (Å²) in [5.41, 5.74) is 2.25. The minimum Gasteiger partial charge on any atom is -0.497 e. The maximum absolute atomic E-state index is 13.5. The molecule has 0 radical (unpaired) electrons. The molecule has 0 aliphatic heterocycles. The Morgan fingerprint density at radius 3 is 2.75 bits per heavy atom. The number of aromatic nitrogens is 3. The first-order valence-electron chi connectivity index (χ1n) is 9.81. The van der Waals surface area contributed by atoms with E-state index < -0.39 is 11.8 Å². The number of hydrogen-bond donors (Lipinski definition) is 2. The van der Waals surface area contributed by atoms with Crippen molar-refractivity contribution >= 4 is 28.1 Å². The third-order valence-corrected chi connectivity index (χ3v) is 5.56. The lowest BCUT2D eigenvalue weighted by Crippen LogP contribution is -2.40. The fourth-order valence-corrected chi connectivity index (χ4v) is 3.93. The van der Waals surface area contributed by atoms with E-state index >= 15 is 0 Å². The van der Waals surface area contributed by atoms with Crippen molar-refractivity contribution in [1.29, 1.82) is 0 Å². The average molecular weight is 453 g/mol. The van der Waals surface area contributed by atoms with Crippen molar-refractivity contribution in [3.63, 3.8) is 0 Å². The topological polar surface area (TPSA) is 97.6 Å². The number of ether oxygens (including phenoxy) is 1. The van der Waals surface area contributed by atoms with Gasteiger partial charge < -0.3 is 15.4 Å². The van der Waals surface area contributed by atoms with E-state index in [2.05, 4.69) is 20.7 Å². The van der Waals surface area contributed by atoms with E-state index in [9.17, 15) is 14.0 Å². The Balaban J connectivity index is 1.30. The van der Waals surface area contributed by atoms with Crippen LogP contribution in [0, 0.1) is 5.82 Å². The molecular formula is C22H20FN5O3S. The molecule has 0 saturated heterocycles. The molecule has 0 saturated carbocycles. The summed E-state index contributed by atoms with van der Waals surface area (Å²) in [5.74, 6) is -0.667. The van der Waals surface area contributed by atoms with Gasteiger partial charge in [0.2, 0.25) is 4.96 Å². The zero-order chi connectivity index (χ0) is 22.5. The van der Waals surface area contributed by atoms with Crippen LogP contribution in [0.2, 0.25) is 0 Å². The largest absolute Gasteiger partial charge is 0.497 e. The van der Waals surface area contributed by atoms with Crippen LogP contribution in [-0.2, 0) is 22.6 Å². The summed E-state index contributed by atoms with van der Waals surface area (Å²) >= 11 is 1.40. The maximum atomic E-state index is 13.5. The number of nitrogens with zero attached hydrogens (tertiary/aromatic N) is 3. The molecule has 8 nitrogen and oxygen atoms in total. The minimum absolute atomic E-state index is 0.219. The number of nitrogens with one attached hydrogen (secondary N) is 2. The van der Waals surface area contributed by atoms with Crippen LogP contribution < -0.4 is 15.4 Å². The molecule has 0 atom stereocenters. The van der Waals surface area contributed by atoms with E-state index in [0.717, 1.165) is 11.3 Å². The molecule has 0 spiro atoms. The first-order valence-corrected chi connectivity index (χ1v) is 10.7. The van der Waals surface area contributed by atoms with Crippen LogP contribution in [-0.4, -0.2) is 40.1 Å². The van der Waals surface area contributed by atoms with Crippen molar-refractivity contribution in [1.82, 2.24) is 25.2 Å². The zero-order valence-electron chi connectivity index (χ0n) is 17.2. The highest BCUT2D eigenvalue weighted by Gasteiger charge is 2.15. The predicted octanol–water partition coefficient (Wildman–Crippen LogP) is 2.58. The number of amides is 2. The standard InChI is InChI=1S/C22H20FN5O3S/c1-31-18-7-2-4-14(10-18)12-25-21(30)20(29)24-9-8-17-13-32-22-26-19(27-28(17)22)15-5-3-6-16(23)11-15/h2-7,10-11,13H,8-9,12H2,1H3,(H,24,29)(H,25,30). The Bertz CT molecular complexity index is 1270. The molecule has 0 aliphatic carbocycles. The zero-order valence-corrected chi connectivity index (χ0v) is 18.0. The summed E-state index contributed by atoms with van der Waals surface area (Å²) < 4.78 is 20.3. The molecule has 2 N–H and O–H groups in total. The van der Waals surface area contributed by atoms with E-state index in [-0.39, 0.29) is 18.9 Å². The van der Waals surface area contributed by atoms with Gasteiger partial charge in [-0.3, -0.25) is 9.59 Å². The number of carbonyl (C=O) groups excluding carboxylic acids is 2. The molecule has 0 unspecified atom stereocenters. The van der Waals surface area contributed by atoms with Crippen molar-refractivity contribution in [2.45, 2.75) is 13.0 Å². The van der Waals surface area contributed by atoms with Gasteiger partial charge in [0.1, 0.15) is 11.6 Å². The predicted molar refractivity (Wildman–Crippen MR) is 118 cm³/mol. The molecule has 10 heteroatoms. The number of rotatable bonds is 7. The summed E-state index contributed by atoms with van der Waals surface area (Å²) in [5, 5.41) is 11.5. The van der Waals surface area contributed by atoms with E-state index in [1.165, 1.54) is 23.5 Å². The number of fused-ring (bicyclic) bond motifs is 1. The van der Waals surface area contributed by atoms with Gasteiger partial charge in [-0.1, -0.05) is 24.3 Å². The molecule has 164 valence electrons. The molecule has 0 aliphatic rings. The smallest absolute Gasteiger partial charge is 0.309 e. The number of carbonyl (C=O) groups is 2. The number of hydrogen-bond acceptors (Lipinski definition) is 6. The second-order valence-corrected chi connectivity index (χ2v) is 7.74. The Morgan fingerprint density at radius 2 is 1.94 bits per heavy atom. The molecule has 2 amide bonds. The average Bonchev–Trinajstić information content (AvgIpc) is 3.39. The number of halogens is 1. The Morgan fingerprint density at radius 1 is 1.12 bits per heavy atom. The van der Waals surface area contributed by atoms with Crippen molar-refractivity contribution in [3.8, 4) is 17.1 Å². The van der Waals surface area contributed by atoms with E-state index in [4.69, 9.17) is 4.74 Å². The van der Waals surface area contributed by atoms with E-state index in [1.807, 2.05) is 17.5 Å². The van der Waals surface area contributed by atoms with Gasteiger partial charge in [0.05, 0.1) is 12.8 Å². The van der Waals surface area contributed by atoms with Gasteiger partial charge in [-0.2, -0.15) is 4.98 Å². The van der Waals surface area contributed by atoms with Gasteiger partial charge in [0, 0.05) is 30.5 Å². The van der Waals surface area contributed by atoms with Crippen molar-refractivity contribution in [2.24, 2.45) is 0 Å². The summed E-state index contributed by atoms with van der Waals surface area (Å²) in [6, 6.07) is 13.3. The van der Waals surface area contributed by atoms with Crippen LogP contribution >= 0.6 is 11.3 Å². The molecule has 4 rings (SSSR count). The molecule has 2 aromatic heterocycles. The monoisotopic (exact) mass is 453 g/mol. The number of benzene rings is 2. The molecule has 0 fully saturated rings.